The number of carboxylic acid groups (broad SMARTS) is 6. The van der Waals surface area contributed by atoms with E-state index in [2.05, 4.69) is 10.6 Å². The molecule has 0 aliphatic rings. The van der Waals surface area contributed by atoms with Crippen LogP contribution in [0.15, 0.2) is 0 Å². The summed E-state index contributed by atoms with van der Waals surface area (Å²) in [4.78, 5) is 53.3. The number of carbonyl (C=O) groups is 6. The normalized spacial score (nSPS) is 6.88. The molecule has 0 saturated carbocycles. The average Bonchev–Trinajstić information content (AvgIpc) is 2.67. The van der Waals surface area contributed by atoms with Crippen LogP contribution in [-0.4, -0.2) is 98.5 Å². The van der Waals surface area contributed by atoms with Gasteiger partial charge in [-0.1, -0.05) is 0 Å². The Labute approximate surface area is 272 Å². The van der Waals surface area contributed by atoms with Gasteiger partial charge in [0.2, 0.25) is 0 Å². The second-order valence-electron chi connectivity index (χ2n) is 5.47. The van der Waals surface area contributed by atoms with Crippen molar-refractivity contribution in [1.82, 2.24) is 10.6 Å². The van der Waals surface area contributed by atoms with Gasteiger partial charge in [0.15, 0.2) is 0 Å². The van der Waals surface area contributed by atoms with E-state index in [4.69, 9.17) is 81.1 Å². The average molecular weight is 730 g/mol. The van der Waals surface area contributed by atoms with Crippen molar-refractivity contribution in [2.45, 2.75) is 41.5 Å². The Hall–Kier alpha value is -1.86. The molecule has 41 heavy (non-hydrogen) atoms. The van der Waals surface area contributed by atoms with Crippen LogP contribution in [-0.2, 0) is 80.0 Å². The van der Waals surface area contributed by atoms with E-state index in [1.807, 2.05) is 0 Å². The van der Waals surface area contributed by atoms with Crippen molar-refractivity contribution in [3.8, 4) is 0 Å². The monoisotopic (exact) mass is 730 g/mol. The fourth-order valence-electron chi connectivity index (χ4n) is 0.612. The molecule has 0 aromatic rings. The number of aliphatic hydroxyl groups is 2. The molecular formula is C20H42Fe3N4O14. The van der Waals surface area contributed by atoms with Crippen LogP contribution in [0, 0.1) is 0 Å². The Bertz CT molecular complexity index is 416. The maximum absolute atomic E-state index is 8.89. The first-order chi connectivity index (χ1) is 17.2. The third-order valence-electron chi connectivity index (χ3n) is 1.22. The summed E-state index contributed by atoms with van der Waals surface area (Å²) in [6.45, 7) is 10.4. The van der Waals surface area contributed by atoms with Crippen molar-refractivity contribution in [1.29, 1.82) is 0 Å². The summed E-state index contributed by atoms with van der Waals surface area (Å²) < 4.78 is 0. The Balaban J connectivity index is -0.0000000280. The predicted molar refractivity (Wildman–Crippen MR) is 122 cm³/mol. The quantitative estimate of drug-likeness (QED) is 0.0997. The first kappa shape index (κ1) is 71.9. The molecule has 8 N–H and O–H groups in total. The van der Waals surface area contributed by atoms with Gasteiger partial charge in [0.1, 0.15) is 0 Å². The minimum Gasteiger partial charge on any atom is -0.550 e. The number of carbonyl (C=O) groups excluding carboxylic acids is 6. The van der Waals surface area contributed by atoms with E-state index >= 15 is 0 Å². The number of aliphatic carboxylic acids is 6. The van der Waals surface area contributed by atoms with Gasteiger partial charge in [-0.05, 0) is 41.5 Å². The van der Waals surface area contributed by atoms with E-state index in [-0.39, 0.29) is 64.4 Å². The van der Waals surface area contributed by atoms with E-state index in [0.29, 0.717) is 26.2 Å². The second-order valence-corrected chi connectivity index (χ2v) is 5.47. The zero-order chi connectivity index (χ0) is 32.5. The fourth-order valence-corrected chi connectivity index (χ4v) is 0.612. The zero-order valence-corrected chi connectivity index (χ0v) is 27.0. The molecule has 0 aliphatic carbocycles. The largest absolute Gasteiger partial charge is 2.00 e. The summed E-state index contributed by atoms with van der Waals surface area (Å²) in [7, 11) is 0. The topological polar surface area (TPSA) is 357 Å². The molecule has 0 fully saturated rings. The molecule has 0 spiro atoms. The number of aliphatic hydroxyl groups excluding tert-OH is 2. The van der Waals surface area contributed by atoms with Crippen LogP contribution in [0.3, 0.4) is 0 Å². The van der Waals surface area contributed by atoms with E-state index in [1.165, 1.54) is 0 Å². The van der Waals surface area contributed by atoms with Gasteiger partial charge in [-0.3, -0.25) is 0 Å². The summed E-state index contributed by atoms with van der Waals surface area (Å²) in [6.07, 6.45) is 0. The predicted octanol–water partition coefficient (Wildman–Crippen LogP) is -10.4. The first-order valence-corrected chi connectivity index (χ1v) is 10.3. The van der Waals surface area contributed by atoms with Crippen molar-refractivity contribution in [2.24, 2.45) is 11.5 Å². The SMILES string of the molecule is CC(=O)[O-].CC(=O)[O-].CC(=O)[O-].CC(=O)[O-].CC(=O)[O-].CC(=O)[O-].NCCNCCO.NCCNCCO.[Fe+2].[Fe+2].[Fe+2]. The van der Waals surface area contributed by atoms with E-state index in [9.17, 15) is 0 Å². The van der Waals surface area contributed by atoms with Crippen LogP contribution in [0.4, 0.5) is 0 Å². The molecule has 0 aromatic carbocycles. The fraction of sp³-hybridized carbons (Fsp3) is 0.700. The summed E-state index contributed by atoms with van der Waals surface area (Å²) in [5.74, 6) is -6.50. The summed E-state index contributed by atoms with van der Waals surface area (Å²) in [6, 6.07) is 0. The maximum Gasteiger partial charge on any atom is 2.00 e. The smallest absolute Gasteiger partial charge is 0.550 e. The van der Waals surface area contributed by atoms with Gasteiger partial charge in [0, 0.05) is 75.1 Å². The van der Waals surface area contributed by atoms with Crippen molar-refractivity contribution in [2.75, 3.05) is 52.5 Å². The molecule has 0 atom stereocenters. The molecule has 18 nitrogen and oxygen atoms in total. The van der Waals surface area contributed by atoms with Gasteiger partial charge in [0.25, 0.3) is 0 Å². The molecule has 0 bridgehead atoms. The van der Waals surface area contributed by atoms with Gasteiger partial charge < -0.3 is 91.7 Å². The molecule has 21 heteroatoms. The van der Waals surface area contributed by atoms with Gasteiger partial charge in [-0.25, -0.2) is 0 Å². The third-order valence-corrected chi connectivity index (χ3v) is 1.22. The number of nitrogens with one attached hydrogen (secondary N) is 2. The van der Waals surface area contributed by atoms with Crippen LogP contribution in [0.2, 0.25) is 0 Å². The Morgan fingerprint density at radius 2 is 0.585 bits per heavy atom. The number of rotatable bonds is 8. The van der Waals surface area contributed by atoms with Gasteiger partial charge in [0.05, 0.1) is 13.2 Å². The maximum atomic E-state index is 8.89. The van der Waals surface area contributed by atoms with Crippen LogP contribution in [0.5, 0.6) is 0 Å². The molecule has 0 saturated heterocycles. The number of hydrogen-bond acceptors (Lipinski definition) is 18. The molecule has 0 rings (SSSR count). The number of nitrogens with two attached hydrogens (primary N) is 2. The van der Waals surface area contributed by atoms with E-state index < -0.39 is 35.8 Å². The Morgan fingerprint density at radius 1 is 0.463 bits per heavy atom. The number of hydrogen-bond donors (Lipinski definition) is 6. The van der Waals surface area contributed by atoms with Crippen LogP contribution in [0.1, 0.15) is 41.5 Å². The molecular weight excluding hydrogens is 688 g/mol. The molecule has 0 radical (unpaired) electrons. The van der Waals surface area contributed by atoms with Crippen molar-refractivity contribution in [3.63, 3.8) is 0 Å². The van der Waals surface area contributed by atoms with Crippen molar-refractivity contribution < 1.29 is 121 Å². The molecule has 0 aromatic heterocycles. The molecule has 250 valence electrons. The molecule has 0 amide bonds. The Kier molecular flexibility index (Phi) is 135. The van der Waals surface area contributed by atoms with Gasteiger partial charge in [-0.2, -0.15) is 0 Å². The van der Waals surface area contributed by atoms with Crippen LogP contribution >= 0.6 is 0 Å². The minimum absolute atomic E-state index is 0. The molecule has 0 aliphatic heterocycles. The van der Waals surface area contributed by atoms with Crippen molar-refractivity contribution >= 4 is 35.8 Å². The third kappa shape index (κ3) is 1320. The minimum atomic E-state index is -1.08. The van der Waals surface area contributed by atoms with E-state index in [0.717, 1.165) is 54.6 Å². The summed E-state index contributed by atoms with van der Waals surface area (Å²) in [5.41, 5.74) is 10.3. The van der Waals surface area contributed by atoms with Crippen LogP contribution in [0.25, 0.3) is 0 Å². The molecule has 0 heterocycles. The summed E-state index contributed by atoms with van der Waals surface area (Å²) >= 11 is 0. The summed E-state index contributed by atoms with van der Waals surface area (Å²) in [5, 5.41) is 75.5. The molecule has 0 unspecified atom stereocenters. The van der Waals surface area contributed by atoms with E-state index in [1.54, 1.807) is 0 Å². The van der Waals surface area contributed by atoms with Crippen molar-refractivity contribution in [3.05, 3.63) is 0 Å². The van der Waals surface area contributed by atoms with Crippen LogP contribution < -0.4 is 52.7 Å². The first-order valence-electron chi connectivity index (χ1n) is 10.3. The van der Waals surface area contributed by atoms with Gasteiger partial charge in [-0.15, -0.1) is 0 Å². The standard InChI is InChI=1S/2C4H12N2O.6C2H4O2.3Fe/c2*5-1-2-6-3-4-7;6*1-2(3)4;;;/h2*6-7H,1-5H2;6*1H3,(H,3,4);;;/q;;;;;;;;3*+2/p-6. The second kappa shape index (κ2) is 77.0. The Morgan fingerprint density at radius 3 is 0.659 bits per heavy atom. The zero-order valence-electron chi connectivity index (χ0n) is 23.7. The number of carboxylic acids is 6. The van der Waals surface area contributed by atoms with Gasteiger partial charge >= 0.3 is 51.2 Å².